The summed E-state index contributed by atoms with van der Waals surface area (Å²) < 4.78 is 4.79. The Morgan fingerprint density at radius 1 is 1.16 bits per heavy atom. The van der Waals surface area contributed by atoms with E-state index in [-0.39, 0.29) is 35.4 Å². The molecule has 0 unspecified atom stereocenters. The summed E-state index contributed by atoms with van der Waals surface area (Å²) in [6.07, 6.45) is -1.03. The first-order valence-electron chi connectivity index (χ1n) is 11.6. The molecule has 4 rings (SSSR count). The van der Waals surface area contributed by atoms with Crippen LogP contribution in [0.25, 0.3) is 0 Å². The molecule has 13 heteroatoms. The van der Waals surface area contributed by atoms with Crippen molar-refractivity contribution in [3.8, 4) is 5.75 Å². The number of phenolic OH excluding ortho intramolecular Hbond substituents is 1. The van der Waals surface area contributed by atoms with Gasteiger partial charge in [0.25, 0.3) is 11.8 Å². The second kappa shape index (κ2) is 10.1. The highest BCUT2D eigenvalue weighted by Gasteiger charge is 2.41. The fourth-order valence-electron chi connectivity index (χ4n) is 5.01. The number of aliphatic hydroxyl groups is 3. The maximum atomic E-state index is 13.6. The lowest BCUT2D eigenvalue weighted by Gasteiger charge is -2.35. The number of ketones is 2. The van der Waals surface area contributed by atoms with E-state index >= 15 is 0 Å². The van der Waals surface area contributed by atoms with Crippen LogP contribution in [-0.2, 0) is 16.0 Å². The average molecular weight is 527 g/mol. The molecule has 0 saturated carbocycles. The Labute approximate surface area is 215 Å². The van der Waals surface area contributed by atoms with Crippen LogP contribution in [0.3, 0.4) is 0 Å². The molecule has 0 fully saturated rings. The van der Waals surface area contributed by atoms with Crippen molar-refractivity contribution >= 4 is 29.1 Å². The minimum Gasteiger partial charge on any atom is -0.511 e. The molecule has 1 aromatic heterocycles. The van der Waals surface area contributed by atoms with Gasteiger partial charge in [0.2, 0.25) is 5.76 Å². The Morgan fingerprint density at radius 2 is 1.87 bits per heavy atom. The number of allylic oxidation sites excluding steroid dienone is 2. The molecule has 38 heavy (non-hydrogen) atoms. The van der Waals surface area contributed by atoms with Crippen molar-refractivity contribution in [3.05, 3.63) is 63.9 Å². The van der Waals surface area contributed by atoms with Crippen molar-refractivity contribution in [2.24, 2.45) is 11.7 Å². The number of amides is 2. The number of fused-ring (bicyclic) bond motifs is 2. The number of aromatic nitrogens is 1. The van der Waals surface area contributed by atoms with Crippen LogP contribution in [0.5, 0.6) is 5.75 Å². The van der Waals surface area contributed by atoms with Gasteiger partial charge in [-0.25, -0.2) is 0 Å². The lowest BCUT2D eigenvalue weighted by Crippen LogP contribution is -2.45. The Hall–Kier alpha value is -4.49. The van der Waals surface area contributed by atoms with Gasteiger partial charge in [0.15, 0.2) is 17.3 Å². The van der Waals surface area contributed by atoms with Gasteiger partial charge in [-0.3, -0.25) is 24.1 Å². The van der Waals surface area contributed by atoms with Crippen molar-refractivity contribution in [3.63, 3.8) is 0 Å². The molecule has 2 aromatic rings. The van der Waals surface area contributed by atoms with E-state index < -0.39 is 70.7 Å². The highest BCUT2D eigenvalue weighted by atomic mass is 16.5. The SMILES string of the molecule is CN(C)[C@@H]1/C(O)=C(/C(N)=O)C(=O)C/C(O)=C2/C(=O)c3c(ccc(NC(=O)c4ccno4)c3O)C[C@H]2C[C@@H]1O. The Bertz CT molecular complexity index is 1390. The van der Waals surface area contributed by atoms with Crippen molar-refractivity contribution < 1.29 is 44.1 Å². The third-order valence-electron chi connectivity index (χ3n) is 6.67. The number of aliphatic hydroxyl groups excluding tert-OH is 3. The third-order valence-corrected chi connectivity index (χ3v) is 6.67. The van der Waals surface area contributed by atoms with Crippen molar-refractivity contribution in [2.75, 3.05) is 19.4 Å². The van der Waals surface area contributed by atoms with Crippen molar-refractivity contribution in [1.29, 1.82) is 0 Å². The van der Waals surface area contributed by atoms with Crippen LogP contribution in [0, 0.1) is 5.92 Å². The number of carbonyl (C=O) groups is 4. The molecule has 0 aliphatic heterocycles. The minimum atomic E-state index is -1.39. The number of carbonyl (C=O) groups excluding carboxylic acids is 4. The van der Waals surface area contributed by atoms with Crippen molar-refractivity contribution in [1.82, 2.24) is 10.1 Å². The first-order valence-corrected chi connectivity index (χ1v) is 11.6. The molecule has 200 valence electrons. The molecule has 0 radical (unpaired) electrons. The topological polar surface area (TPSA) is 217 Å². The van der Waals surface area contributed by atoms with E-state index in [9.17, 15) is 39.6 Å². The van der Waals surface area contributed by atoms with E-state index in [1.54, 1.807) is 0 Å². The predicted molar refractivity (Wildman–Crippen MR) is 130 cm³/mol. The van der Waals surface area contributed by atoms with Gasteiger partial charge in [0, 0.05) is 11.6 Å². The molecule has 7 N–H and O–H groups in total. The maximum Gasteiger partial charge on any atom is 0.294 e. The van der Waals surface area contributed by atoms with E-state index in [1.165, 1.54) is 43.4 Å². The lowest BCUT2D eigenvalue weighted by molar-refractivity contribution is -0.121. The largest absolute Gasteiger partial charge is 0.511 e. The summed E-state index contributed by atoms with van der Waals surface area (Å²) in [4.78, 5) is 52.3. The number of nitrogens with two attached hydrogens (primary N) is 1. The van der Waals surface area contributed by atoms with E-state index in [0.29, 0.717) is 5.56 Å². The van der Waals surface area contributed by atoms with Crippen LogP contribution in [-0.4, -0.2) is 80.1 Å². The molecular formula is C25H26N4O9. The second-order valence-corrected chi connectivity index (χ2v) is 9.35. The molecule has 2 aliphatic carbocycles. The molecule has 1 aromatic carbocycles. The normalized spacial score (nSPS) is 26.1. The van der Waals surface area contributed by atoms with Gasteiger partial charge in [-0.15, -0.1) is 0 Å². The van der Waals surface area contributed by atoms with Crippen LogP contribution < -0.4 is 11.1 Å². The Balaban J connectivity index is 1.80. The zero-order valence-electron chi connectivity index (χ0n) is 20.5. The number of Topliss-reactive ketones (excluding diaryl/α,β-unsaturated/α-hetero) is 2. The van der Waals surface area contributed by atoms with Crippen LogP contribution in [0.1, 0.15) is 39.3 Å². The number of primary amides is 1. The van der Waals surface area contributed by atoms with E-state index in [2.05, 4.69) is 10.5 Å². The minimum absolute atomic E-state index is 0.0723. The number of phenols is 1. The summed E-state index contributed by atoms with van der Waals surface area (Å²) in [6.45, 7) is 0. The highest BCUT2D eigenvalue weighted by molar-refractivity contribution is 6.20. The second-order valence-electron chi connectivity index (χ2n) is 9.35. The number of hydrogen-bond donors (Lipinski definition) is 6. The molecule has 0 spiro atoms. The first kappa shape index (κ1) is 26.6. The number of nitrogens with one attached hydrogen (secondary N) is 1. The van der Waals surface area contributed by atoms with Crippen LogP contribution in [0.4, 0.5) is 5.69 Å². The van der Waals surface area contributed by atoms with Crippen LogP contribution in [0.2, 0.25) is 0 Å². The summed E-state index contributed by atoms with van der Waals surface area (Å²) in [6, 6.07) is 3.00. The molecule has 3 atom stereocenters. The fourth-order valence-corrected chi connectivity index (χ4v) is 5.01. The maximum absolute atomic E-state index is 13.6. The zero-order chi connectivity index (χ0) is 27.9. The standard InChI is InChI=1S/C25H26N4O9/c1-29(2)20-15(32)8-11-7-10-3-4-12(28-25(37)16-5-6-27-38-16)21(33)18(10)22(34)17(11)13(30)9-14(31)19(23(20)35)24(26)36/h3-6,11,15,20,30,32-33,35H,7-9H2,1-2H3,(H2,26,36)(H,28,37)/b17-13-,23-19-/t11-,15-,20-/m0/s1. The molecule has 0 bridgehead atoms. The first-order chi connectivity index (χ1) is 17.9. The monoisotopic (exact) mass is 526 g/mol. The number of likely N-dealkylation sites (N-methyl/N-ethyl adjacent to an activating group) is 1. The highest BCUT2D eigenvalue weighted by Crippen LogP contribution is 2.42. The lowest BCUT2D eigenvalue weighted by atomic mass is 9.73. The van der Waals surface area contributed by atoms with E-state index in [0.717, 1.165) is 0 Å². The molecule has 1 heterocycles. The molecule has 13 nitrogen and oxygen atoms in total. The third kappa shape index (κ3) is 4.64. The van der Waals surface area contributed by atoms with Crippen LogP contribution >= 0.6 is 0 Å². The van der Waals surface area contributed by atoms with Crippen LogP contribution in [0.15, 0.2) is 51.6 Å². The van der Waals surface area contributed by atoms with Gasteiger partial charge in [-0.05, 0) is 44.5 Å². The summed E-state index contributed by atoms with van der Waals surface area (Å²) in [7, 11) is 3.03. The quantitative estimate of drug-likeness (QED) is 0.241. The smallest absolute Gasteiger partial charge is 0.294 e. The number of aromatic hydroxyl groups is 1. The van der Waals surface area contributed by atoms with Gasteiger partial charge < -0.3 is 36.0 Å². The van der Waals surface area contributed by atoms with Gasteiger partial charge in [0.1, 0.15) is 17.1 Å². The molecule has 0 saturated heterocycles. The predicted octanol–water partition coefficient (Wildman–Crippen LogP) is 0.751. The summed E-state index contributed by atoms with van der Waals surface area (Å²) in [5.74, 6) is -6.78. The average Bonchev–Trinajstić information content (AvgIpc) is 3.35. The molecule has 2 aliphatic rings. The van der Waals surface area contributed by atoms with Gasteiger partial charge in [-0.1, -0.05) is 11.2 Å². The van der Waals surface area contributed by atoms with Crippen molar-refractivity contribution in [2.45, 2.75) is 31.4 Å². The number of nitrogens with zero attached hydrogens (tertiary/aromatic N) is 2. The summed E-state index contributed by atoms with van der Waals surface area (Å²) >= 11 is 0. The fraction of sp³-hybridized carbons (Fsp3) is 0.320. The van der Waals surface area contributed by atoms with Gasteiger partial charge in [0.05, 0.1) is 36.0 Å². The molecular weight excluding hydrogens is 500 g/mol. The van der Waals surface area contributed by atoms with Gasteiger partial charge >= 0.3 is 0 Å². The van der Waals surface area contributed by atoms with E-state index in [1.807, 2.05) is 0 Å². The summed E-state index contributed by atoms with van der Waals surface area (Å²) in [5.41, 5.74) is 4.37. The number of anilines is 1. The number of rotatable bonds is 4. The van der Waals surface area contributed by atoms with E-state index in [4.69, 9.17) is 10.3 Å². The molecule has 2 amide bonds. The Kier molecular flexibility index (Phi) is 7.07. The number of hydrogen-bond acceptors (Lipinski definition) is 11. The zero-order valence-corrected chi connectivity index (χ0v) is 20.5. The van der Waals surface area contributed by atoms with Gasteiger partial charge in [-0.2, -0.15) is 0 Å². The summed E-state index contributed by atoms with van der Waals surface area (Å²) in [5, 5.41) is 49.4. The Morgan fingerprint density at radius 3 is 2.47 bits per heavy atom. The number of benzene rings is 1.